The molecule has 1 aliphatic heterocycles. The van der Waals surface area contributed by atoms with E-state index in [2.05, 4.69) is 5.10 Å². The molecular weight excluding hydrogens is 284 g/mol. The van der Waals surface area contributed by atoms with E-state index in [1.807, 2.05) is 27.7 Å². The van der Waals surface area contributed by atoms with Crippen molar-refractivity contribution < 1.29 is 22.5 Å². The van der Waals surface area contributed by atoms with Crippen molar-refractivity contribution in [1.82, 2.24) is 9.78 Å². The van der Waals surface area contributed by atoms with Crippen LogP contribution in [0.2, 0.25) is 0 Å². The number of halogens is 3. The Morgan fingerprint density at radius 3 is 2.29 bits per heavy atom. The van der Waals surface area contributed by atoms with E-state index in [0.29, 0.717) is 0 Å². The van der Waals surface area contributed by atoms with Crippen LogP contribution in [-0.4, -0.2) is 34.3 Å². The summed E-state index contributed by atoms with van der Waals surface area (Å²) >= 11 is 0. The lowest BCUT2D eigenvalue weighted by Crippen LogP contribution is -2.41. The molecule has 0 N–H and O–H groups in total. The SMILES string of the molecule is CC1(C)OB(c2cnn(CCCC(F)(F)F)c2)OC1(C)C. The number of nitrogens with zero attached hydrogens (tertiary/aromatic N) is 2. The lowest BCUT2D eigenvalue weighted by atomic mass is 9.82. The third-order valence-corrected chi connectivity index (χ3v) is 4.03. The van der Waals surface area contributed by atoms with E-state index in [1.54, 1.807) is 12.4 Å². The van der Waals surface area contributed by atoms with Crippen molar-refractivity contribution in [3.63, 3.8) is 0 Å². The number of hydrogen-bond acceptors (Lipinski definition) is 3. The van der Waals surface area contributed by atoms with Gasteiger partial charge in [-0.15, -0.1) is 0 Å². The zero-order valence-electron chi connectivity index (χ0n) is 12.7. The molecule has 8 heteroatoms. The van der Waals surface area contributed by atoms with Gasteiger partial charge in [-0.2, -0.15) is 18.3 Å². The van der Waals surface area contributed by atoms with E-state index in [4.69, 9.17) is 9.31 Å². The molecule has 1 aromatic rings. The molecule has 0 amide bonds. The van der Waals surface area contributed by atoms with Crippen molar-refractivity contribution in [2.24, 2.45) is 0 Å². The molecule has 1 aliphatic rings. The van der Waals surface area contributed by atoms with E-state index < -0.39 is 30.9 Å². The Balaban J connectivity index is 1.95. The summed E-state index contributed by atoms with van der Waals surface area (Å²) in [6.45, 7) is 8.00. The Labute approximate surface area is 122 Å². The second-order valence-corrected chi connectivity index (χ2v) is 6.34. The summed E-state index contributed by atoms with van der Waals surface area (Å²) in [5.41, 5.74) is -0.174. The van der Waals surface area contributed by atoms with Gasteiger partial charge in [0.1, 0.15) is 0 Å². The summed E-state index contributed by atoms with van der Waals surface area (Å²) in [7, 11) is -0.536. The highest BCUT2D eigenvalue weighted by Crippen LogP contribution is 2.36. The van der Waals surface area contributed by atoms with Crippen molar-refractivity contribution in [1.29, 1.82) is 0 Å². The van der Waals surface area contributed by atoms with Gasteiger partial charge in [-0.3, -0.25) is 4.68 Å². The molecule has 2 rings (SSSR count). The Kier molecular flexibility index (Phi) is 4.14. The van der Waals surface area contributed by atoms with Crippen LogP contribution >= 0.6 is 0 Å². The van der Waals surface area contributed by atoms with Crippen molar-refractivity contribution in [2.45, 2.75) is 64.5 Å². The van der Waals surface area contributed by atoms with Crippen LogP contribution in [0.15, 0.2) is 12.4 Å². The van der Waals surface area contributed by atoms with Crippen molar-refractivity contribution >= 4 is 12.6 Å². The molecule has 0 aliphatic carbocycles. The lowest BCUT2D eigenvalue weighted by Gasteiger charge is -2.32. The van der Waals surface area contributed by atoms with Crippen molar-refractivity contribution in [3.8, 4) is 0 Å². The van der Waals surface area contributed by atoms with Crippen LogP contribution in [-0.2, 0) is 15.9 Å². The molecule has 1 saturated heterocycles. The zero-order valence-corrected chi connectivity index (χ0v) is 12.7. The first-order valence-electron chi connectivity index (χ1n) is 6.95. The molecule has 0 aromatic carbocycles. The van der Waals surface area contributed by atoms with E-state index in [9.17, 15) is 13.2 Å². The molecule has 0 saturated carbocycles. The number of aromatic nitrogens is 2. The van der Waals surface area contributed by atoms with Crippen molar-refractivity contribution in [3.05, 3.63) is 12.4 Å². The number of rotatable bonds is 4. The van der Waals surface area contributed by atoms with Gasteiger partial charge in [-0.1, -0.05) is 0 Å². The summed E-state index contributed by atoms with van der Waals surface area (Å²) in [6.07, 6.45) is -1.66. The number of aryl methyl sites for hydroxylation is 1. The largest absolute Gasteiger partial charge is 0.498 e. The second kappa shape index (κ2) is 5.32. The van der Waals surface area contributed by atoms with Gasteiger partial charge >= 0.3 is 13.3 Å². The summed E-state index contributed by atoms with van der Waals surface area (Å²) in [5, 5.41) is 4.07. The first kappa shape index (κ1) is 16.4. The minimum atomic E-state index is -4.12. The normalized spacial score (nSPS) is 21.0. The molecule has 0 spiro atoms. The summed E-state index contributed by atoms with van der Waals surface area (Å²) < 4.78 is 49.6. The topological polar surface area (TPSA) is 36.3 Å². The Morgan fingerprint density at radius 2 is 1.76 bits per heavy atom. The van der Waals surface area contributed by atoms with Gasteiger partial charge in [-0.25, -0.2) is 0 Å². The molecular formula is C13H20BF3N2O2. The molecule has 2 heterocycles. The van der Waals surface area contributed by atoms with Gasteiger partial charge in [0, 0.05) is 30.8 Å². The predicted molar refractivity (Wildman–Crippen MR) is 73.2 cm³/mol. The maximum absolute atomic E-state index is 12.1. The predicted octanol–water partition coefficient (Wildman–Crippen LogP) is 2.52. The van der Waals surface area contributed by atoms with Gasteiger partial charge in [0.05, 0.1) is 11.2 Å². The Bertz CT molecular complexity index is 484. The van der Waals surface area contributed by atoms with Crippen LogP contribution < -0.4 is 5.46 Å². The van der Waals surface area contributed by atoms with Crippen LogP contribution in [0.1, 0.15) is 40.5 Å². The van der Waals surface area contributed by atoms with Crippen molar-refractivity contribution in [2.75, 3.05) is 0 Å². The van der Waals surface area contributed by atoms with Crippen LogP contribution in [0.25, 0.3) is 0 Å². The van der Waals surface area contributed by atoms with Crippen LogP contribution in [0.5, 0.6) is 0 Å². The van der Waals surface area contributed by atoms with Crippen LogP contribution in [0, 0.1) is 0 Å². The van der Waals surface area contributed by atoms with E-state index in [1.165, 1.54) is 4.68 Å². The third kappa shape index (κ3) is 3.80. The summed E-state index contributed by atoms with van der Waals surface area (Å²) in [5.74, 6) is 0. The molecule has 0 atom stereocenters. The fourth-order valence-electron chi connectivity index (χ4n) is 2.04. The van der Waals surface area contributed by atoms with E-state index in [-0.39, 0.29) is 13.0 Å². The van der Waals surface area contributed by atoms with Crippen LogP contribution in [0.4, 0.5) is 13.2 Å². The monoisotopic (exact) mass is 304 g/mol. The fourth-order valence-corrected chi connectivity index (χ4v) is 2.04. The molecule has 21 heavy (non-hydrogen) atoms. The molecule has 1 aromatic heterocycles. The van der Waals surface area contributed by atoms with Crippen LogP contribution in [0.3, 0.4) is 0 Å². The quantitative estimate of drug-likeness (QED) is 0.802. The third-order valence-electron chi connectivity index (χ3n) is 4.03. The highest BCUT2D eigenvalue weighted by atomic mass is 19.4. The van der Waals surface area contributed by atoms with Gasteiger partial charge in [0.15, 0.2) is 0 Å². The Hall–Kier alpha value is -1.02. The minimum absolute atomic E-state index is 0.00792. The maximum atomic E-state index is 12.1. The second-order valence-electron chi connectivity index (χ2n) is 6.34. The number of hydrogen-bond donors (Lipinski definition) is 0. The molecule has 0 bridgehead atoms. The average Bonchev–Trinajstić information content (AvgIpc) is 2.81. The molecule has 0 unspecified atom stereocenters. The maximum Gasteiger partial charge on any atom is 0.498 e. The smallest absolute Gasteiger partial charge is 0.399 e. The number of alkyl halides is 3. The van der Waals surface area contributed by atoms with E-state index in [0.717, 1.165) is 5.46 Å². The van der Waals surface area contributed by atoms with Gasteiger partial charge < -0.3 is 9.31 Å². The molecule has 4 nitrogen and oxygen atoms in total. The zero-order chi connectivity index (χ0) is 15.9. The highest BCUT2D eigenvalue weighted by molar-refractivity contribution is 6.61. The first-order valence-corrected chi connectivity index (χ1v) is 6.95. The van der Waals surface area contributed by atoms with Gasteiger partial charge in [-0.05, 0) is 34.1 Å². The average molecular weight is 304 g/mol. The first-order chi connectivity index (χ1) is 9.50. The molecule has 118 valence electrons. The Morgan fingerprint density at radius 1 is 1.19 bits per heavy atom. The summed E-state index contributed by atoms with van der Waals surface area (Å²) in [6, 6.07) is 0. The lowest BCUT2D eigenvalue weighted by molar-refractivity contribution is -0.136. The molecule has 1 fully saturated rings. The minimum Gasteiger partial charge on any atom is -0.399 e. The van der Waals surface area contributed by atoms with E-state index >= 15 is 0 Å². The summed E-state index contributed by atoms with van der Waals surface area (Å²) in [4.78, 5) is 0. The standard InChI is InChI=1S/C13H20BF3N2O2/c1-11(2)12(3,4)21-14(20-11)10-8-18-19(9-10)7-5-6-13(15,16)17/h8-9H,5-7H2,1-4H3. The molecule has 0 radical (unpaired) electrons. The van der Waals surface area contributed by atoms with Gasteiger partial charge in [0.2, 0.25) is 0 Å². The highest BCUT2D eigenvalue weighted by Gasteiger charge is 2.52. The fraction of sp³-hybridized carbons (Fsp3) is 0.769. The van der Waals surface area contributed by atoms with Gasteiger partial charge in [0.25, 0.3) is 0 Å².